The van der Waals surface area contributed by atoms with Crippen molar-refractivity contribution in [2.45, 2.75) is 52.7 Å². The smallest absolute Gasteiger partial charge is 0.308 e. The summed E-state index contributed by atoms with van der Waals surface area (Å²) in [5.41, 5.74) is 7.40. The van der Waals surface area contributed by atoms with Crippen molar-refractivity contribution in [3.05, 3.63) is 52.5 Å². The number of ether oxygens (including phenoxy) is 4. The van der Waals surface area contributed by atoms with Gasteiger partial charge < -0.3 is 29.6 Å². The fourth-order valence-corrected chi connectivity index (χ4v) is 4.47. The maximum atomic E-state index is 13.9. The first-order chi connectivity index (χ1) is 17.6. The first-order valence-corrected chi connectivity index (χ1v) is 12.9. The molecule has 202 valence electrons. The number of carbonyl (C=O) groups excluding carboxylic acids is 2. The third-order valence-corrected chi connectivity index (χ3v) is 6.03. The lowest BCUT2D eigenvalue weighted by Crippen LogP contribution is -2.44. The maximum Gasteiger partial charge on any atom is 0.308 e. The summed E-state index contributed by atoms with van der Waals surface area (Å²) in [6.07, 6.45) is -1.39. The van der Waals surface area contributed by atoms with E-state index < -0.39 is 18.2 Å². The molecule has 0 spiro atoms. The van der Waals surface area contributed by atoms with E-state index in [9.17, 15) is 9.59 Å². The highest BCUT2D eigenvalue weighted by molar-refractivity contribution is 6.30. The van der Waals surface area contributed by atoms with Crippen LogP contribution in [0.5, 0.6) is 11.5 Å². The van der Waals surface area contributed by atoms with Gasteiger partial charge in [0.1, 0.15) is 12.2 Å². The first kappa shape index (κ1) is 28.8. The Bertz CT molecular complexity index is 1100. The average Bonchev–Trinajstić information content (AvgIpc) is 2.93. The number of para-hydroxylation sites is 1. The van der Waals surface area contributed by atoms with Crippen LogP contribution < -0.4 is 20.1 Å². The average molecular weight is 533 g/mol. The number of anilines is 1. The number of rotatable bonds is 10. The van der Waals surface area contributed by atoms with Gasteiger partial charge >= 0.3 is 5.97 Å². The van der Waals surface area contributed by atoms with Gasteiger partial charge in [0.2, 0.25) is 0 Å². The molecule has 2 aromatic rings. The van der Waals surface area contributed by atoms with Gasteiger partial charge in [-0.05, 0) is 49.6 Å². The standard InChI is InChI=1S/C28H37ClN2O6/c1-6-35-24(32)16-23-27(33)31(17-28(2,3)4)21-12-11-18(29)15-20(21)25(37-23)19-9-7-10-22(26(19)34-5)36-14-8-13-30/h7,9-12,15,23,25H,6,8,13-14,16-17,30H2,1-5H3. The minimum Gasteiger partial charge on any atom is -0.492 e. The number of fused-ring (bicyclic) bond motifs is 1. The largest absolute Gasteiger partial charge is 0.492 e. The van der Waals surface area contributed by atoms with Gasteiger partial charge in [0, 0.05) is 28.4 Å². The van der Waals surface area contributed by atoms with E-state index in [0.29, 0.717) is 59.5 Å². The molecule has 2 aromatic carbocycles. The summed E-state index contributed by atoms with van der Waals surface area (Å²) in [5.74, 6) is 0.181. The molecule has 2 N–H and O–H groups in total. The van der Waals surface area contributed by atoms with Crippen molar-refractivity contribution in [3.8, 4) is 11.5 Å². The molecular weight excluding hydrogens is 496 g/mol. The molecule has 0 aromatic heterocycles. The Morgan fingerprint density at radius 2 is 1.95 bits per heavy atom. The van der Waals surface area contributed by atoms with Gasteiger partial charge in [0.15, 0.2) is 11.5 Å². The monoisotopic (exact) mass is 532 g/mol. The van der Waals surface area contributed by atoms with E-state index in [2.05, 4.69) is 0 Å². The Labute approximate surface area is 224 Å². The van der Waals surface area contributed by atoms with Crippen molar-refractivity contribution in [2.24, 2.45) is 11.1 Å². The van der Waals surface area contributed by atoms with Crippen LogP contribution in [0.25, 0.3) is 0 Å². The second-order valence-electron chi connectivity index (χ2n) is 10.1. The number of nitrogens with two attached hydrogens (primary N) is 1. The highest BCUT2D eigenvalue weighted by atomic mass is 35.5. The quantitative estimate of drug-likeness (QED) is 0.343. The third-order valence-electron chi connectivity index (χ3n) is 5.80. The third kappa shape index (κ3) is 7.15. The first-order valence-electron chi connectivity index (χ1n) is 12.5. The molecule has 0 aliphatic carbocycles. The van der Waals surface area contributed by atoms with Crippen molar-refractivity contribution >= 4 is 29.2 Å². The van der Waals surface area contributed by atoms with Crippen LogP contribution in [0, 0.1) is 5.41 Å². The lowest BCUT2D eigenvalue weighted by atomic mass is 9.94. The highest BCUT2D eigenvalue weighted by Crippen LogP contribution is 2.45. The molecule has 8 nitrogen and oxygen atoms in total. The van der Waals surface area contributed by atoms with Crippen LogP contribution in [0.3, 0.4) is 0 Å². The van der Waals surface area contributed by atoms with Crippen LogP contribution in [-0.2, 0) is 19.1 Å². The summed E-state index contributed by atoms with van der Waals surface area (Å²) >= 11 is 6.45. The van der Waals surface area contributed by atoms with Crippen LogP contribution >= 0.6 is 11.6 Å². The summed E-state index contributed by atoms with van der Waals surface area (Å²) < 4.78 is 23.3. The number of esters is 1. The predicted octanol–water partition coefficient (Wildman–Crippen LogP) is 4.90. The van der Waals surface area contributed by atoms with Gasteiger partial charge in [0.25, 0.3) is 5.91 Å². The lowest BCUT2D eigenvalue weighted by Gasteiger charge is -2.31. The summed E-state index contributed by atoms with van der Waals surface area (Å²) in [4.78, 5) is 28.1. The summed E-state index contributed by atoms with van der Waals surface area (Å²) in [7, 11) is 1.55. The molecule has 0 saturated heterocycles. The Morgan fingerprint density at radius 1 is 1.19 bits per heavy atom. The van der Waals surface area contributed by atoms with Crippen molar-refractivity contribution in [1.82, 2.24) is 0 Å². The van der Waals surface area contributed by atoms with Crippen LogP contribution in [0.15, 0.2) is 36.4 Å². The number of carbonyl (C=O) groups is 2. The maximum absolute atomic E-state index is 13.9. The van der Waals surface area contributed by atoms with Gasteiger partial charge in [-0.1, -0.05) is 44.5 Å². The Balaban J connectivity index is 2.19. The molecule has 2 atom stereocenters. The van der Waals surface area contributed by atoms with Gasteiger partial charge in [0.05, 0.1) is 26.7 Å². The van der Waals surface area contributed by atoms with E-state index in [-0.39, 0.29) is 24.3 Å². The van der Waals surface area contributed by atoms with Gasteiger partial charge in [-0.3, -0.25) is 9.59 Å². The van der Waals surface area contributed by atoms with E-state index in [4.69, 9.17) is 36.3 Å². The van der Waals surface area contributed by atoms with Crippen LogP contribution in [-0.4, -0.2) is 51.4 Å². The summed E-state index contributed by atoms with van der Waals surface area (Å²) in [6, 6.07) is 10.9. The molecule has 37 heavy (non-hydrogen) atoms. The molecule has 0 radical (unpaired) electrons. The molecule has 0 fully saturated rings. The zero-order chi connectivity index (χ0) is 27.2. The lowest BCUT2D eigenvalue weighted by molar-refractivity contribution is -0.151. The molecule has 0 bridgehead atoms. The molecule has 1 aliphatic rings. The minimum absolute atomic E-state index is 0.209. The molecule has 0 saturated carbocycles. The van der Waals surface area contributed by atoms with E-state index in [1.807, 2.05) is 45.0 Å². The van der Waals surface area contributed by atoms with Crippen LogP contribution in [0.1, 0.15) is 57.8 Å². The number of nitrogens with zero attached hydrogens (tertiary/aromatic N) is 1. The van der Waals surface area contributed by atoms with E-state index >= 15 is 0 Å². The molecular formula is C28H37ClN2O6. The molecule has 1 amide bonds. The van der Waals surface area contributed by atoms with Crippen molar-refractivity contribution in [1.29, 1.82) is 0 Å². The fourth-order valence-electron chi connectivity index (χ4n) is 4.29. The number of halogens is 1. The Kier molecular flexibility index (Phi) is 9.81. The zero-order valence-corrected chi connectivity index (χ0v) is 23.0. The van der Waals surface area contributed by atoms with E-state index in [0.717, 1.165) is 0 Å². The zero-order valence-electron chi connectivity index (χ0n) is 22.2. The number of hydrogen-bond acceptors (Lipinski definition) is 7. The number of benzene rings is 2. The second-order valence-corrected chi connectivity index (χ2v) is 10.5. The minimum atomic E-state index is -1.08. The van der Waals surface area contributed by atoms with Crippen LogP contribution in [0.2, 0.25) is 5.02 Å². The molecule has 9 heteroatoms. The molecule has 2 unspecified atom stereocenters. The van der Waals surface area contributed by atoms with Crippen molar-refractivity contribution in [2.75, 3.05) is 38.3 Å². The molecule has 3 rings (SSSR count). The topological polar surface area (TPSA) is 100 Å². The van der Waals surface area contributed by atoms with E-state index in [1.165, 1.54) is 0 Å². The van der Waals surface area contributed by atoms with Gasteiger partial charge in [-0.15, -0.1) is 0 Å². The van der Waals surface area contributed by atoms with Crippen molar-refractivity contribution < 1.29 is 28.5 Å². The Hall–Kier alpha value is -2.81. The van der Waals surface area contributed by atoms with Gasteiger partial charge in [-0.25, -0.2) is 0 Å². The number of amides is 1. The van der Waals surface area contributed by atoms with Crippen molar-refractivity contribution in [3.63, 3.8) is 0 Å². The normalized spacial score (nSPS) is 17.7. The highest BCUT2D eigenvalue weighted by Gasteiger charge is 2.40. The number of hydrogen-bond donors (Lipinski definition) is 1. The van der Waals surface area contributed by atoms with Gasteiger partial charge in [-0.2, -0.15) is 0 Å². The molecule has 1 heterocycles. The SMILES string of the molecule is CCOC(=O)CC1OC(c2cccc(OCCCN)c2OC)c2cc(Cl)ccc2N(CC(C)(C)C)C1=O. The summed E-state index contributed by atoms with van der Waals surface area (Å²) in [5, 5.41) is 0.494. The van der Waals surface area contributed by atoms with E-state index in [1.54, 1.807) is 31.1 Å². The summed E-state index contributed by atoms with van der Waals surface area (Å²) in [6.45, 7) is 9.41. The predicted molar refractivity (Wildman–Crippen MR) is 143 cm³/mol. The molecule has 1 aliphatic heterocycles. The van der Waals surface area contributed by atoms with Crippen LogP contribution in [0.4, 0.5) is 5.69 Å². The Morgan fingerprint density at radius 3 is 2.59 bits per heavy atom. The number of methoxy groups -OCH3 is 1. The fraction of sp³-hybridized carbons (Fsp3) is 0.500. The second kappa shape index (κ2) is 12.6.